The number of aromatic nitrogens is 1. The molecule has 3 aromatic rings. The van der Waals surface area contributed by atoms with Crippen LogP contribution in [-0.2, 0) is 17.4 Å². The molecule has 180 valence electrons. The SMILES string of the molecule is CNC(=O)[C@@H](N[C@@H](CCc1ccc(C(F)(F)F)nc1)c1ccc(F)c(C)c1)c1ccc(C)cc1. The van der Waals surface area contributed by atoms with Crippen molar-refractivity contribution in [3.05, 3.63) is 100 Å². The fraction of sp³-hybridized carbons (Fsp3) is 0.308. The summed E-state index contributed by atoms with van der Waals surface area (Å²) in [6.07, 6.45) is -2.42. The molecule has 2 atom stereocenters. The Morgan fingerprint density at radius 2 is 1.68 bits per heavy atom. The second-order valence-corrected chi connectivity index (χ2v) is 8.27. The van der Waals surface area contributed by atoms with E-state index in [2.05, 4.69) is 15.6 Å². The summed E-state index contributed by atoms with van der Waals surface area (Å²) in [4.78, 5) is 16.3. The van der Waals surface area contributed by atoms with E-state index in [0.29, 0.717) is 24.0 Å². The van der Waals surface area contributed by atoms with Crippen molar-refractivity contribution < 1.29 is 22.4 Å². The second-order valence-electron chi connectivity index (χ2n) is 8.27. The summed E-state index contributed by atoms with van der Waals surface area (Å²) >= 11 is 0. The van der Waals surface area contributed by atoms with Gasteiger partial charge >= 0.3 is 6.18 Å². The maximum Gasteiger partial charge on any atom is 0.433 e. The summed E-state index contributed by atoms with van der Waals surface area (Å²) in [5, 5.41) is 6.05. The van der Waals surface area contributed by atoms with E-state index < -0.39 is 17.9 Å². The topological polar surface area (TPSA) is 54.0 Å². The number of hydrogen-bond donors (Lipinski definition) is 2. The molecular weight excluding hydrogens is 446 g/mol. The van der Waals surface area contributed by atoms with Crippen LogP contribution in [0, 0.1) is 19.7 Å². The molecule has 3 rings (SSSR count). The summed E-state index contributed by atoms with van der Waals surface area (Å²) in [5.74, 6) is -0.570. The lowest BCUT2D eigenvalue weighted by atomic mass is 9.95. The molecule has 0 unspecified atom stereocenters. The minimum Gasteiger partial charge on any atom is -0.358 e. The first kappa shape index (κ1) is 25.4. The van der Waals surface area contributed by atoms with Crippen LogP contribution in [0.4, 0.5) is 17.6 Å². The van der Waals surface area contributed by atoms with Crippen molar-refractivity contribution in [2.45, 2.75) is 44.9 Å². The van der Waals surface area contributed by atoms with E-state index in [-0.39, 0.29) is 17.8 Å². The van der Waals surface area contributed by atoms with E-state index in [1.165, 1.54) is 18.3 Å². The Hall–Kier alpha value is -3.26. The number of amides is 1. The van der Waals surface area contributed by atoms with Crippen molar-refractivity contribution in [2.24, 2.45) is 0 Å². The van der Waals surface area contributed by atoms with Gasteiger partial charge in [0.1, 0.15) is 17.6 Å². The van der Waals surface area contributed by atoms with Crippen molar-refractivity contribution in [3.8, 4) is 0 Å². The monoisotopic (exact) mass is 473 g/mol. The van der Waals surface area contributed by atoms with Crippen LogP contribution in [0.15, 0.2) is 60.8 Å². The molecule has 1 aromatic heterocycles. The molecule has 0 saturated carbocycles. The molecule has 0 spiro atoms. The number of aryl methyl sites for hydroxylation is 3. The summed E-state index contributed by atoms with van der Waals surface area (Å²) in [7, 11) is 1.55. The van der Waals surface area contributed by atoms with E-state index in [4.69, 9.17) is 0 Å². The van der Waals surface area contributed by atoms with Gasteiger partial charge in [-0.25, -0.2) is 4.39 Å². The van der Waals surface area contributed by atoms with Gasteiger partial charge in [0.25, 0.3) is 0 Å². The van der Waals surface area contributed by atoms with Crippen LogP contribution in [0.2, 0.25) is 0 Å². The quantitative estimate of drug-likeness (QED) is 0.419. The number of nitrogens with one attached hydrogen (secondary N) is 2. The molecule has 2 aromatic carbocycles. The number of alkyl halides is 3. The zero-order valence-electron chi connectivity index (χ0n) is 19.2. The van der Waals surface area contributed by atoms with Crippen LogP contribution in [0.3, 0.4) is 0 Å². The molecule has 0 bridgehead atoms. The molecule has 0 aliphatic carbocycles. The zero-order valence-corrected chi connectivity index (χ0v) is 19.2. The Kier molecular flexibility index (Phi) is 8.04. The molecule has 4 nitrogen and oxygen atoms in total. The molecule has 1 heterocycles. The molecule has 0 radical (unpaired) electrons. The molecule has 2 N–H and O–H groups in total. The maximum atomic E-state index is 13.9. The summed E-state index contributed by atoms with van der Waals surface area (Å²) in [6.45, 7) is 3.61. The molecular formula is C26H27F4N3O. The summed E-state index contributed by atoms with van der Waals surface area (Å²) in [6, 6.07) is 13.6. The maximum absolute atomic E-state index is 13.9. The Labute approximate surface area is 196 Å². The van der Waals surface area contributed by atoms with Gasteiger partial charge in [-0.3, -0.25) is 15.1 Å². The van der Waals surface area contributed by atoms with Crippen LogP contribution >= 0.6 is 0 Å². The van der Waals surface area contributed by atoms with Crippen molar-refractivity contribution >= 4 is 5.91 Å². The largest absolute Gasteiger partial charge is 0.433 e. The van der Waals surface area contributed by atoms with Crippen LogP contribution in [0.5, 0.6) is 0 Å². The minimum absolute atomic E-state index is 0.233. The van der Waals surface area contributed by atoms with Crippen molar-refractivity contribution in [1.29, 1.82) is 0 Å². The van der Waals surface area contributed by atoms with Gasteiger partial charge in [0.2, 0.25) is 5.91 Å². The number of carbonyl (C=O) groups is 1. The lowest BCUT2D eigenvalue weighted by Gasteiger charge is -2.26. The number of hydrogen-bond acceptors (Lipinski definition) is 3. The van der Waals surface area contributed by atoms with Gasteiger partial charge in [-0.05, 0) is 61.1 Å². The molecule has 8 heteroatoms. The highest BCUT2D eigenvalue weighted by Gasteiger charge is 2.32. The van der Waals surface area contributed by atoms with E-state index in [1.807, 2.05) is 31.2 Å². The van der Waals surface area contributed by atoms with E-state index in [0.717, 1.165) is 22.8 Å². The number of nitrogens with zero attached hydrogens (tertiary/aromatic N) is 1. The number of likely N-dealkylation sites (N-methyl/N-ethyl adjacent to an activating group) is 1. The van der Waals surface area contributed by atoms with Crippen LogP contribution in [0.1, 0.15) is 52.0 Å². The zero-order chi connectivity index (χ0) is 24.9. The van der Waals surface area contributed by atoms with E-state index >= 15 is 0 Å². The van der Waals surface area contributed by atoms with Gasteiger partial charge in [-0.2, -0.15) is 13.2 Å². The standard InChI is InChI=1S/C26H27F4N3O/c1-16-4-8-19(9-5-16)24(25(34)31-3)33-22(20-10-11-21(27)17(2)14-20)12-6-18-7-13-23(32-15-18)26(28,29)30/h4-5,7-11,13-15,22,24,33H,6,12H2,1-3H3,(H,31,34)/t22-,24-/m0/s1. The predicted molar refractivity (Wildman–Crippen MR) is 123 cm³/mol. The Morgan fingerprint density at radius 1 is 1.00 bits per heavy atom. The van der Waals surface area contributed by atoms with E-state index in [9.17, 15) is 22.4 Å². The predicted octanol–water partition coefficient (Wildman–Crippen LogP) is 5.61. The van der Waals surface area contributed by atoms with Crippen LogP contribution in [0.25, 0.3) is 0 Å². The first-order valence-electron chi connectivity index (χ1n) is 10.9. The first-order valence-corrected chi connectivity index (χ1v) is 10.9. The highest BCUT2D eigenvalue weighted by Crippen LogP contribution is 2.29. The Bertz CT molecular complexity index is 1110. The molecule has 0 aliphatic heterocycles. The lowest BCUT2D eigenvalue weighted by Crippen LogP contribution is -2.38. The van der Waals surface area contributed by atoms with Crippen LogP contribution in [-0.4, -0.2) is 17.9 Å². The Morgan fingerprint density at radius 3 is 2.24 bits per heavy atom. The van der Waals surface area contributed by atoms with Gasteiger partial charge in [0.15, 0.2) is 0 Å². The summed E-state index contributed by atoms with van der Waals surface area (Å²) in [5.41, 5.74) is 2.75. The van der Waals surface area contributed by atoms with Crippen molar-refractivity contribution in [2.75, 3.05) is 7.05 Å². The highest BCUT2D eigenvalue weighted by molar-refractivity contribution is 5.83. The third kappa shape index (κ3) is 6.41. The van der Waals surface area contributed by atoms with Crippen LogP contribution < -0.4 is 10.6 Å². The van der Waals surface area contributed by atoms with Crippen molar-refractivity contribution in [3.63, 3.8) is 0 Å². The average molecular weight is 474 g/mol. The fourth-order valence-corrected chi connectivity index (χ4v) is 3.71. The smallest absolute Gasteiger partial charge is 0.358 e. The first-order chi connectivity index (χ1) is 16.1. The van der Waals surface area contributed by atoms with Gasteiger partial charge in [-0.15, -0.1) is 0 Å². The third-order valence-electron chi connectivity index (χ3n) is 5.71. The van der Waals surface area contributed by atoms with E-state index in [1.54, 1.807) is 26.1 Å². The third-order valence-corrected chi connectivity index (χ3v) is 5.71. The number of rotatable bonds is 8. The average Bonchev–Trinajstić information content (AvgIpc) is 2.81. The van der Waals surface area contributed by atoms with Crippen molar-refractivity contribution in [1.82, 2.24) is 15.6 Å². The van der Waals surface area contributed by atoms with Gasteiger partial charge in [-0.1, -0.05) is 48.0 Å². The second kappa shape index (κ2) is 10.8. The molecule has 34 heavy (non-hydrogen) atoms. The highest BCUT2D eigenvalue weighted by atomic mass is 19.4. The minimum atomic E-state index is -4.50. The molecule has 1 amide bonds. The molecule has 0 saturated heterocycles. The number of benzene rings is 2. The normalized spacial score (nSPS) is 13.4. The lowest BCUT2D eigenvalue weighted by molar-refractivity contribution is -0.141. The number of carbonyl (C=O) groups excluding carboxylic acids is 1. The molecule has 0 fully saturated rings. The van der Waals surface area contributed by atoms with Gasteiger partial charge in [0.05, 0.1) is 0 Å². The number of pyridine rings is 1. The number of halogens is 4. The Balaban J connectivity index is 1.88. The van der Waals surface area contributed by atoms with Gasteiger partial charge in [0, 0.05) is 19.3 Å². The molecule has 0 aliphatic rings. The van der Waals surface area contributed by atoms with Gasteiger partial charge < -0.3 is 5.32 Å². The summed E-state index contributed by atoms with van der Waals surface area (Å²) < 4.78 is 52.4. The fourth-order valence-electron chi connectivity index (χ4n) is 3.71.